The Labute approximate surface area is 157 Å². The molecule has 0 aliphatic rings. The number of hydrogen-bond acceptors (Lipinski definition) is 4. The summed E-state index contributed by atoms with van der Waals surface area (Å²) in [5.74, 6) is -0.168. The fourth-order valence-corrected chi connectivity index (χ4v) is 2.49. The van der Waals surface area contributed by atoms with Gasteiger partial charge in [-0.1, -0.05) is 48.5 Å². The molecule has 0 spiro atoms. The van der Waals surface area contributed by atoms with Gasteiger partial charge in [0.15, 0.2) is 11.3 Å². The molecule has 10 heteroatoms. The number of aliphatic hydroxyl groups excluding tert-OH is 1. The third-order valence-electron chi connectivity index (χ3n) is 3.80. The highest BCUT2D eigenvalue weighted by molar-refractivity contribution is 6.03. The third kappa shape index (κ3) is 4.65. The van der Waals surface area contributed by atoms with Gasteiger partial charge in [-0.25, -0.2) is 0 Å². The zero-order chi connectivity index (χ0) is 20.1. The van der Waals surface area contributed by atoms with Gasteiger partial charge in [-0.05, 0) is 16.4 Å². The number of benzene rings is 2. The Morgan fingerprint density at radius 2 is 1.96 bits per heavy atom. The van der Waals surface area contributed by atoms with Crippen molar-refractivity contribution in [3.63, 3.8) is 0 Å². The summed E-state index contributed by atoms with van der Waals surface area (Å²) in [6, 6.07) is 11.7. The number of amides is 2. The van der Waals surface area contributed by atoms with E-state index in [4.69, 9.17) is 4.52 Å². The summed E-state index contributed by atoms with van der Waals surface area (Å²) in [6.45, 7) is -0.267. The molecule has 2 aromatic carbocycles. The highest BCUT2D eigenvalue weighted by atomic mass is 19.4. The molecule has 3 aromatic rings. The summed E-state index contributed by atoms with van der Waals surface area (Å²) in [4.78, 5) is 12.0. The number of carbonyl (C=O) groups is 1. The molecule has 0 bridgehead atoms. The molecule has 7 nitrogen and oxygen atoms in total. The Balaban J connectivity index is 1.67. The van der Waals surface area contributed by atoms with Crippen molar-refractivity contribution in [3.05, 3.63) is 77.2 Å². The minimum absolute atomic E-state index is 0.0616. The zero-order valence-electron chi connectivity index (χ0n) is 14.3. The Morgan fingerprint density at radius 3 is 2.64 bits per heavy atom. The number of aromatic nitrogens is 2. The van der Waals surface area contributed by atoms with Gasteiger partial charge in [-0.3, -0.25) is 4.79 Å². The number of halogens is 3. The molecule has 2 N–H and O–H groups in total. The summed E-state index contributed by atoms with van der Waals surface area (Å²) < 4.78 is 44.4. The monoisotopic (exact) mass is 392 g/mol. The number of alkyl halides is 3. The Morgan fingerprint density at radius 1 is 1.21 bits per heavy atom. The summed E-state index contributed by atoms with van der Waals surface area (Å²) in [5.41, 5.74) is -0.187. The maximum atomic E-state index is 12.7. The number of urea groups is 1. The number of aliphatic hydroxyl groups is 1. The third-order valence-corrected chi connectivity index (χ3v) is 3.80. The van der Waals surface area contributed by atoms with Gasteiger partial charge >= 0.3 is 6.18 Å². The van der Waals surface area contributed by atoms with Crippen molar-refractivity contribution in [3.8, 4) is 0 Å². The van der Waals surface area contributed by atoms with Crippen LogP contribution in [0.5, 0.6) is 0 Å². The van der Waals surface area contributed by atoms with Gasteiger partial charge < -0.3 is 20.3 Å². The van der Waals surface area contributed by atoms with E-state index in [9.17, 15) is 23.1 Å². The van der Waals surface area contributed by atoms with Gasteiger partial charge in [0.05, 0.1) is 5.56 Å². The second-order valence-corrected chi connectivity index (χ2v) is 5.75. The van der Waals surface area contributed by atoms with Crippen LogP contribution in [-0.2, 0) is 6.18 Å². The minimum atomic E-state index is -4.52. The molecule has 0 radical (unpaired) electrons. The minimum Gasteiger partial charge on any atom is -0.424 e. The van der Waals surface area contributed by atoms with Crippen molar-refractivity contribution in [1.29, 1.82) is 0 Å². The van der Waals surface area contributed by atoms with Crippen molar-refractivity contribution < 1.29 is 32.3 Å². The number of carbonyl (C=O) groups excluding carboxylic acids is 1. The molecular weight excluding hydrogens is 377 g/mol. The number of nitrogens with one attached hydrogen (secondary N) is 1. The van der Waals surface area contributed by atoms with E-state index in [0.29, 0.717) is 0 Å². The van der Waals surface area contributed by atoms with E-state index in [2.05, 4.69) is 15.9 Å². The summed E-state index contributed by atoms with van der Waals surface area (Å²) in [7, 11) is 0. The second-order valence-electron chi connectivity index (χ2n) is 5.75. The molecule has 3 rings (SSSR count). The van der Waals surface area contributed by atoms with Crippen LogP contribution < -0.4 is 10.00 Å². The van der Waals surface area contributed by atoms with Crippen molar-refractivity contribution in [1.82, 2.24) is 5.27 Å². The molecule has 146 valence electrons. The predicted octanol–water partition coefficient (Wildman–Crippen LogP) is 3.80. The van der Waals surface area contributed by atoms with Crippen LogP contribution >= 0.6 is 0 Å². The van der Waals surface area contributed by atoms with Gasteiger partial charge in [0, 0.05) is 5.56 Å². The van der Waals surface area contributed by atoms with Crippen LogP contribution in [0.3, 0.4) is 0 Å². The first-order chi connectivity index (χ1) is 13.4. The lowest BCUT2D eigenvalue weighted by Crippen LogP contribution is -2.43. The Kier molecular flexibility index (Phi) is 5.59. The van der Waals surface area contributed by atoms with E-state index >= 15 is 0 Å². The molecule has 1 atom stereocenters. The summed E-state index contributed by atoms with van der Waals surface area (Å²) in [5, 5.41) is 19.2. The number of rotatable bonds is 5. The van der Waals surface area contributed by atoms with Crippen LogP contribution in [0, 0.1) is 0 Å². The van der Waals surface area contributed by atoms with Crippen LogP contribution in [0.1, 0.15) is 17.2 Å². The fourth-order valence-electron chi connectivity index (χ4n) is 2.49. The normalized spacial score (nSPS) is 12.4. The van der Waals surface area contributed by atoms with Crippen LogP contribution in [0.25, 0.3) is 5.32 Å². The first-order valence-corrected chi connectivity index (χ1v) is 8.11. The molecule has 28 heavy (non-hydrogen) atoms. The predicted molar refractivity (Wildman–Crippen MR) is 91.8 cm³/mol. The first-order valence-electron chi connectivity index (χ1n) is 8.11. The lowest BCUT2D eigenvalue weighted by Gasteiger charge is -2.15. The van der Waals surface area contributed by atoms with Crippen LogP contribution in [0.15, 0.2) is 65.3 Å². The Hall–Kier alpha value is -3.40. The van der Waals surface area contributed by atoms with Crippen molar-refractivity contribution in [2.24, 2.45) is 0 Å². The SMILES string of the molecule is O=C([N-]c1c[n+](C(CO)c2ccccc2)no1)Nc1cccc(C(F)(F)F)c1. The average molecular weight is 392 g/mol. The number of nitrogens with zero attached hydrogens (tertiary/aromatic N) is 3. The van der Waals surface area contributed by atoms with Crippen LogP contribution in [-0.4, -0.2) is 23.0 Å². The van der Waals surface area contributed by atoms with E-state index in [-0.39, 0.29) is 18.2 Å². The van der Waals surface area contributed by atoms with E-state index in [0.717, 1.165) is 17.7 Å². The highest BCUT2D eigenvalue weighted by Crippen LogP contribution is 2.31. The zero-order valence-corrected chi connectivity index (χ0v) is 14.3. The van der Waals surface area contributed by atoms with Crippen molar-refractivity contribution in [2.75, 3.05) is 11.9 Å². The standard InChI is InChI=1S/C18H15F3N4O3/c19-18(20,21)13-7-4-8-14(9-13)22-17(27)23-16-10-25(24-28-16)15(11-26)12-5-2-1-3-6-12/h1-10,15,26H,11H2,(H-,22,23,24,27). The Bertz CT molecular complexity index is 945. The molecule has 1 heterocycles. The van der Waals surface area contributed by atoms with Gasteiger partial charge in [-0.2, -0.15) is 13.2 Å². The second kappa shape index (κ2) is 8.09. The van der Waals surface area contributed by atoms with E-state index in [1.807, 2.05) is 6.07 Å². The summed E-state index contributed by atoms with van der Waals surface area (Å²) >= 11 is 0. The van der Waals surface area contributed by atoms with Gasteiger partial charge in [0.1, 0.15) is 6.61 Å². The average Bonchev–Trinajstić information content (AvgIpc) is 3.10. The summed E-state index contributed by atoms with van der Waals surface area (Å²) in [6.07, 6.45) is -3.22. The van der Waals surface area contributed by atoms with Gasteiger partial charge in [-0.15, -0.1) is 0 Å². The fraction of sp³-hybridized carbons (Fsp3) is 0.167. The molecule has 1 aromatic heterocycles. The molecule has 0 fully saturated rings. The van der Waals surface area contributed by atoms with Crippen LogP contribution in [0.2, 0.25) is 0 Å². The maximum absolute atomic E-state index is 12.7. The smallest absolute Gasteiger partial charge is 0.416 e. The van der Waals surface area contributed by atoms with E-state index in [1.54, 1.807) is 24.3 Å². The van der Waals surface area contributed by atoms with Crippen molar-refractivity contribution >= 4 is 17.6 Å². The van der Waals surface area contributed by atoms with Crippen molar-refractivity contribution in [2.45, 2.75) is 12.2 Å². The van der Waals surface area contributed by atoms with E-state index in [1.165, 1.54) is 23.0 Å². The highest BCUT2D eigenvalue weighted by Gasteiger charge is 2.30. The molecule has 0 aliphatic carbocycles. The molecular formula is C18H15F3N4O3. The quantitative estimate of drug-likeness (QED) is 0.646. The van der Waals surface area contributed by atoms with Gasteiger partial charge in [0.25, 0.3) is 0 Å². The van der Waals surface area contributed by atoms with Crippen LogP contribution in [0.4, 0.5) is 29.5 Å². The van der Waals surface area contributed by atoms with Gasteiger partial charge in [0.2, 0.25) is 18.1 Å². The van der Waals surface area contributed by atoms with E-state index < -0.39 is 23.8 Å². The molecule has 0 saturated heterocycles. The maximum Gasteiger partial charge on any atom is 0.416 e. The first kappa shape index (κ1) is 19.4. The molecule has 0 aliphatic heterocycles. The molecule has 1 unspecified atom stereocenters. The molecule has 2 amide bonds. The largest absolute Gasteiger partial charge is 0.424 e. The molecule has 0 saturated carbocycles. The lowest BCUT2D eigenvalue weighted by atomic mass is 10.1. The number of anilines is 1. The lowest BCUT2D eigenvalue weighted by molar-refractivity contribution is -0.778. The number of hydrogen-bond donors (Lipinski definition) is 2. The topological polar surface area (TPSA) is 93.3 Å².